The van der Waals surface area contributed by atoms with Gasteiger partial charge in [0.25, 0.3) is 0 Å². The van der Waals surface area contributed by atoms with E-state index in [0.717, 1.165) is 159 Å². The molecule has 0 radical (unpaired) electrons. The third-order valence-electron chi connectivity index (χ3n) is 19.0. The molecule has 0 aliphatic rings. The third kappa shape index (κ3) is 7.40. The highest BCUT2D eigenvalue weighted by molar-refractivity contribution is 6.35. The number of fused-ring (bicyclic) bond motifs is 20. The molecule has 8 nitrogen and oxygen atoms in total. The average Bonchev–Trinajstić information content (AvgIpc) is 1.52. The number of nitrogens with zero attached hydrogens (tertiary/aromatic N) is 7. The fourth-order valence-corrected chi connectivity index (χ4v) is 14.9. The average molecular weight is 1170 g/mol. The zero-order chi connectivity index (χ0) is 60.1. The molecular weight excluding hydrogens is 1120 g/mol. The molecule has 8 heteroatoms. The summed E-state index contributed by atoms with van der Waals surface area (Å²) in [5.41, 5.74) is 19.0. The van der Waals surface area contributed by atoms with Crippen LogP contribution < -0.4 is 0 Å². The molecule has 0 saturated carbocycles. The Morgan fingerprint density at radius 1 is 0.261 bits per heavy atom. The quantitative estimate of drug-likeness (QED) is 0.149. The number of hydrogen-bond donors (Lipinski definition) is 0. The number of rotatable bonds is 7. The first-order valence-electron chi connectivity index (χ1n) is 31.2. The molecule has 0 amide bonds. The van der Waals surface area contributed by atoms with Crippen LogP contribution in [0, 0.1) is 0 Å². The molecule has 0 bridgehead atoms. The lowest BCUT2D eigenvalue weighted by molar-refractivity contribution is 0.671. The molecule has 0 atom stereocenters. The van der Waals surface area contributed by atoms with Crippen LogP contribution in [0.3, 0.4) is 0 Å². The molecule has 426 valence electrons. The zero-order valence-electron chi connectivity index (χ0n) is 49.3. The second kappa shape index (κ2) is 19.5. The smallest absolute Gasteiger partial charge is 0.235 e. The number of furan rings is 1. The van der Waals surface area contributed by atoms with Gasteiger partial charge in [0.2, 0.25) is 11.9 Å². The maximum absolute atomic E-state index is 7.11. The predicted molar refractivity (Wildman–Crippen MR) is 380 cm³/mol. The van der Waals surface area contributed by atoms with Crippen LogP contribution in [0.4, 0.5) is 0 Å². The van der Waals surface area contributed by atoms with Crippen molar-refractivity contribution >= 4 is 131 Å². The monoisotopic (exact) mass is 1170 g/mol. The van der Waals surface area contributed by atoms with Crippen LogP contribution in [-0.2, 0) is 0 Å². The van der Waals surface area contributed by atoms with Gasteiger partial charge in [0, 0.05) is 76.1 Å². The Balaban J connectivity index is 0.759. The first-order valence-corrected chi connectivity index (χ1v) is 31.2. The number of para-hydroxylation sites is 6. The van der Waals surface area contributed by atoms with Gasteiger partial charge in [-0.3, -0.25) is 9.13 Å². The fraction of sp³-hybridized carbons (Fsp3) is 0. The Hall–Kier alpha value is -12.5. The summed E-state index contributed by atoms with van der Waals surface area (Å²) in [6.45, 7) is 0. The summed E-state index contributed by atoms with van der Waals surface area (Å²) in [7, 11) is 0. The highest BCUT2D eigenvalue weighted by Gasteiger charge is 2.27. The Kier molecular flexibility index (Phi) is 10.7. The van der Waals surface area contributed by atoms with Gasteiger partial charge >= 0.3 is 0 Å². The third-order valence-corrected chi connectivity index (χ3v) is 19.0. The largest absolute Gasteiger partial charge is 0.454 e. The van der Waals surface area contributed by atoms with Crippen LogP contribution in [0.15, 0.2) is 302 Å². The normalized spacial score (nSPS) is 12.1. The molecule has 0 unspecified atom stereocenters. The van der Waals surface area contributed by atoms with Crippen molar-refractivity contribution in [3.8, 4) is 62.4 Å². The number of aromatic nitrogens is 7. The van der Waals surface area contributed by atoms with E-state index >= 15 is 0 Å². The van der Waals surface area contributed by atoms with Crippen molar-refractivity contribution in [2.45, 2.75) is 0 Å². The van der Waals surface area contributed by atoms with Crippen molar-refractivity contribution in [2.24, 2.45) is 0 Å². The molecule has 0 fully saturated rings. The second-order valence-electron chi connectivity index (χ2n) is 24.0. The molecule has 0 aliphatic carbocycles. The fourth-order valence-electron chi connectivity index (χ4n) is 14.9. The van der Waals surface area contributed by atoms with Crippen molar-refractivity contribution < 1.29 is 4.42 Å². The summed E-state index contributed by atoms with van der Waals surface area (Å²) in [6.07, 6.45) is 0. The Labute approximate surface area is 525 Å². The first-order chi connectivity index (χ1) is 45.6. The van der Waals surface area contributed by atoms with E-state index in [2.05, 4.69) is 305 Å². The van der Waals surface area contributed by atoms with Gasteiger partial charge in [-0.05, 0) is 123 Å². The molecule has 0 aliphatic heterocycles. The van der Waals surface area contributed by atoms with Gasteiger partial charge in [-0.25, -0.2) is 19.9 Å². The number of benzene rings is 14. The van der Waals surface area contributed by atoms with Gasteiger partial charge in [0.15, 0.2) is 5.58 Å². The van der Waals surface area contributed by atoms with Crippen molar-refractivity contribution in [1.29, 1.82) is 0 Å². The number of hydrogen-bond acceptors (Lipinski definition) is 5. The predicted octanol–water partition coefficient (Wildman–Crippen LogP) is 21.7. The standard InChI is InChI=1S/C84H49N7O/c1-3-21-51(22-4-1)78-65-43-38-50-20-7-8-27-58(50)80(65)88-84(86-78)91-72-36-17-12-31-63(72)76-68-49-53(39-42-61(68)77-64-32-13-18-37-75(64)92-82(77)81(76)91)52-23-19-24-56(46-52)79-62-30-9-14-33-69(62)85-83(87-79)90-71-35-16-11-29-60(71)67-48-55(41-45-74(67)90)54-40-44-73-66(47-54)59-28-10-15-34-70(59)89(73)57-25-5-2-6-26-57/h1-49H. The molecule has 6 aromatic heterocycles. The van der Waals surface area contributed by atoms with E-state index in [1.165, 1.54) is 21.8 Å². The molecule has 0 spiro atoms. The van der Waals surface area contributed by atoms with E-state index in [1.54, 1.807) is 0 Å². The van der Waals surface area contributed by atoms with E-state index in [1.807, 2.05) is 6.07 Å². The van der Waals surface area contributed by atoms with Gasteiger partial charge in [-0.15, -0.1) is 0 Å². The van der Waals surface area contributed by atoms with E-state index in [4.69, 9.17) is 24.4 Å². The summed E-state index contributed by atoms with van der Waals surface area (Å²) < 4.78 is 14.0. The van der Waals surface area contributed by atoms with Crippen LogP contribution in [0.5, 0.6) is 0 Å². The van der Waals surface area contributed by atoms with Crippen LogP contribution in [0.1, 0.15) is 0 Å². The van der Waals surface area contributed by atoms with Crippen LogP contribution >= 0.6 is 0 Å². The van der Waals surface area contributed by atoms with E-state index in [0.29, 0.717) is 11.9 Å². The lowest BCUT2D eigenvalue weighted by atomic mass is 9.94. The van der Waals surface area contributed by atoms with Crippen molar-refractivity contribution in [1.82, 2.24) is 33.6 Å². The zero-order valence-corrected chi connectivity index (χ0v) is 49.3. The second-order valence-corrected chi connectivity index (χ2v) is 24.0. The highest BCUT2D eigenvalue weighted by atomic mass is 16.3. The maximum Gasteiger partial charge on any atom is 0.235 e. The molecule has 0 saturated heterocycles. The molecule has 6 heterocycles. The summed E-state index contributed by atoms with van der Waals surface area (Å²) in [5, 5.41) is 15.3. The minimum Gasteiger partial charge on any atom is -0.454 e. The molecular formula is C84H49N7O. The van der Waals surface area contributed by atoms with E-state index in [-0.39, 0.29) is 0 Å². The molecule has 20 rings (SSSR count). The molecule has 0 N–H and O–H groups in total. The minimum atomic E-state index is 0.573. The molecule has 14 aromatic carbocycles. The van der Waals surface area contributed by atoms with Crippen molar-refractivity contribution in [3.63, 3.8) is 0 Å². The summed E-state index contributed by atoms with van der Waals surface area (Å²) in [6, 6.07) is 106. The van der Waals surface area contributed by atoms with Crippen LogP contribution in [0.2, 0.25) is 0 Å². The van der Waals surface area contributed by atoms with E-state index < -0.39 is 0 Å². The molecule has 20 aromatic rings. The SMILES string of the molecule is c1ccc(-c2nc(-n3c4ccccc4c4c5cc(-c6cccc(-c7nc(-n8c9ccccc9c9cc(-c%10ccc%11c(c%10)c%10ccccc%10n%11-c%10ccccc%10)ccc98)nc8ccccc78)c6)ccc5c5c6ccccc6oc5c43)nc3c2ccc2ccccc23)cc1. The first kappa shape index (κ1) is 50.5. The van der Waals surface area contributed by atoms with Crippen molar-refractivity contribution in [3.05, 3.63) is 297 Å². The summed E-state index contributed by atoms with van der Waals surface area (Å²) in [5.74, 6) is 1.18. The van der Waals surface area contributed by atoms with Crippen molar-refractivity contribution in [2.75, 3.05) is 0 Å². The lowest BCUT2D eigenvalue weighted by Crippen LogP contribution is -2.04. The molecule has 92 heavy (non-hydrogen) atoms. The minimum absolute atomic E-state index is 0.573. The summed E-state index contributed by atoms with van der Waals surface area (Å²) >= 11 is 0. The highest BCUT2D eigenvalue weighted by Crippen LogP contribution is 2.48. The Morgan fingerprint density at radius 2 is 0.772 bits per heavy atom. The van der Waals surface area contributed by atoms with Gasteiger partial charge in [0.05, 0.1) is 50.0 Å². The van der Waals surface area contributed by atoms with Gasteiger partial charge in [-0.2, -0.15) is 0 Å². The van der Waals surface area contributed by atoms with E-state index in [9.17, 15) is 0 Å². The van der Waals surface area contributed by atoms with Gasteiger partial charge in [0.1, 0.15) is 11.1 Å². The Bertz CT molecular complexity index is 6510. The van der Waals surface area contributed by atoms with Gasteiger partial charge in [-0.1, -0.05) is 212 Å². The Morgan fingerprint density at radius 3 is 1.52 bits per heavy atom. The topological polar surface area (TPSA) is 79.5 Å². The van der Waals surface area contributed by atoms with Crippen LogP contribution in [0.25, 0.3) is 193 Å². The van der Waals surface area contributed by atoms with Crippen LogP contribution in [-0.4, -0.2) is 33.6 Å². The van der Waals surface area contributed by atoms with Gasteiger partial charge < -0.3 is 8.98 Å². The summed E-state index contributed by atoms with van der Waals surface area (Å²) in [4.78, 5) is 22.2. The maximum atomic E-state index is 7.11. The lowest BCUT2D eigenvalue weighted by Gasteiger charge is -2.14.